The molecule has 19 heavy (non-hydrogen) atoms. The van der Waals surface area contributed by atoms with Gasteiger partial charge in [-0.25, -0.2) is 0 Å². The van der Waals surface area contributed by atoms with Crippen molar-refractivity contribution in [3.05, 3.63) is 18.0 Å². The van der Waals surface area contributed by atoms with Gasteiger partial charge in [-0.2, -0.15) is 5.10 Å². The van der Waals surface area contributed by atoms with E-state index in [4.69, 9.17) is 10.5 Å². The van der Waals surface area contributed by atoms with E-state index in [0.717, 1.165) is 31.1 Å². The van der Waals surface area contributed by atoms with Gasteiger partial charge >= 0.3 is 0 Å². The van der Waals surface area contributed by atoms with Crippen LogP contribution in [-0.2, 0) is 11.2 Å². The maximum absolute atomic E-state index is 6.12. The molecule has 1 saturated carbocycles. The molecule has 106 valence electrons. The molecular formula is C15H25N3O. The highest BCUT2D eigenvalue weighted by Crippen LogP contribution is 2.48. The maximum Gasteiger partial charge on any atom is 0.0676 e. The van der Waals surface area contributed by atoms with E-state index >= 15 is 0 Å². The molecule has 1 aromatic rings. The van der Waals surface area contributed by atoms with Gasteiger partial charge in [0, 0.05) is 37.2 Å². The first-order valence-electron chi connectivity index (χ1n) is 7.50. The second-order valence-electron chi connectivity index (χ2n) is 6.50. The summed E-state index contributed by atoms with van der Waals surface area (Å²) in [5.41, 5.74) is 7.41. The van der Waals surface area contributed by atoms with Crippen LogP contribution in [0.25, 0.3) is 0 Å². The van der Waals surface area contributed by atoms with Crippen LogP contribution in [0.1, 0.15) is 44.8 Å². The van der Waals surface area contributed by atoms with Gasteiger partial charge in [0.1, 0.15) is 0 Å². The van der Waals surface area contributed by atoms with Crippen LogP contribution in [0.4, 0.5) is 0 Å². The van der Waals surface area contributed by atoms with Crippen molar-refractivity contribution in [2.24, 2.45) is 17.1 Å². The molecule has 1 aliphatic heterocycles. The van der Waals surface area contributed by atoms with Crippen molar-refractivity contribution >= 4 is 0 Å². The lowest BCUT2D eigenvalue weighted by atomic mass is 9.75. The van der Waals surface area contributed by atoms with Crippen molar-refractivity contribution in [3.63, 3.8) is 0 Å². The largest absolute Gasteiger partial charge is 0.377 e. The minimum absolute atomic E-state index is 0.122. The van der Waals surface area contributed by atoms with Gasteiger partial charge in [-0.15, -0.1) is 0 Å². The molecular weight excluding hydrogens is 238 g/mol. The van der Waals surface area contributed by atoms with Gasteiger partial charge in [-0.3, -0.25) is 4.68 Å². The van der Waals surface area contributed by atoms with Crippen LogP contribution in [0.2, 0.25) is 0 Å². The Hall–Kier alpha value is -0.870. The number of nitrogens with two attached hydrogens (primary N) is 1. The Bertz CT molecular complexity index is 438. The van der Waals surface area contributed by atoms with Gasteiger partial charge in [-0.05, 0) is 45.1 Å². The lowest BCUT2D eigenvalue weighted by Crippen LogP contribution is -2.41. The molecule has 0 amide bonds. The fourth-order valence-corrected chi connectivity index (χ4v) is 3.34. The smallest absolute Gasteiger partial charge is 0.0676 e. The molecule has 0 aromatic carbocycles. The van der Waals surface area contributed by atoms with Crippen LogP contribution in [0, 0.1) is 11.3 Å². The zero-order valence-electron chi connectivity index (χ0n) is 12.0. The lowest BCUT2D eigenvalue weighted by molar-refractivity contribution is 0.0340. The molecule has 1 aromatic heterocycles. The van der Waals surface area contributed by atoms with Gasteiger partial charge in [0.05, 0.1) is 11.8 Å². The van der Waals surface area contributed by atoms with Crippen molar-refractivity contribution < 1.29 is 4.74 Å². The van der Waals surface area contributed by atoms with Crippen molar-refractivity contribution in [2.75, 3.05) is 13.2 Å². The summed E-state index contributed by atoms with van der Waals surface area (Å²) < 4.78 is 8.02. The molecule has 2 unspecified atom stereocenters. The number of hydrogen-bond donors (Lipinski definition) is 1. The summed E-state index contributed by atoms with van der Waals surface area (Å²) >= 11 is 0. The third kappa shape index (κ3) is 2.43. The SMILES string of the molecule is CC(C)n1ccc(CC2(CN)CCOC2C2CC2)n1. The zero-order valence-corrected chi connectivity index (χ0v) is 12.0. The van der Waals surface area contributed by atoms with Crippen LogP contribution in [0.3, 0.4) is 0 Å². The number of nitrogens with zero attached hydrogens (tertiary/aromatic N) is 2. The molecule has 2 heterocycles. The van der Waals surface area contributed by atoms with Gasteiger partial charge in [0.15, 0.2) is 0 Å². The highest BCUT2D eigenvalue weighted by Gasteiger charge is 2.50. The molecule has 2 aliphatic rings. The molecule has 0 bridgehead atoms. The molecule has 3 rings (SSSR count). The average Bonchev–Trinajstić information content (AvgIpc) is 2.98. The third-order valence-electron chi connectivity index (χ3n) is 4.68. The lowest BCUT2D eigenvalue weighted by Gasteiger charge is -2.32. The third-order valence-corrected chi connectivity index (χ3v) is 4.68. The van der Waals surface area contributed by atoms with E-state index in [2.05, 4.69) is 31.2 Å². The van der Waals surface area contributed by atoms with E-state index in [9.17, 15) is 0 Å². The quantitative estimate of drug-likeness (QED) is 0.885. The Morgan fingerprint density at radius 3 is 2.89 bits per heavy atom. The Morgan fingerprint density at radius 1 is 1.53 bits per heavy atom. The fourth-order valence-electron chi connectivity index (χ4n) is 3.34. The second kappa shape index (κ2) is 4.91. The van der Waals surface area contributed by atoms with Gasteiger partial charge in [0.25, 0.3) is 0 Å². The standard InChI is InChI=1S/C15H25N3O/c1-11(2)18-7-5-13(17-18)9-15(10-16)6-8-19-14(15)12-3-4-12/h5,7,11-12,14H,3-4,6,8-10,16H2,1-2H3. The Balaban J connectivity index is 1.77. The normalized spacial score (nSPS) is 31.3. The van der Waals surface area contributed by atoms with E-state index in [1.165, 1.54) is 12.8 Å². The number of ether oxygens (including phenoxy) is 1. The van der Waals surface area contributed by atoms with Gasteiger partial charge in [0.2, 0.25) is 0 Å². The Kier molecular flexibility index (Phi) is 3.39. The number of aromatic nitrogens is 2. The van der Waals surface area contributed by atoms with Gasteiger partial charge < -0.3 is 10.5 Å². The topological polar surface area (TPSA) is 53.1 Å². The van der Waals surface area contributed by atoms with Crippen LogP contribution in [0.5, 0.6) is 0 Å². The molecule has 4 nitrogen and oxygen atoms in total. The highest BCUT2D eigenvalue weighted by atomic mass is 16.5. The summed E-state index contributed by atoms with van der Waals surface area (Å²) in [7, 11) is 0. The predicted octanol–water partition coefficient (Wildman–Crippen LogP) is 2.15. The summed E-state index contributed by atoms with van der Waals surface area (Å²) in [5, 5.41) is 4.69. The fraction of sp³-hybridized carbons (Fsp3) is 0.800. The molecule has 2 fully saturated rings. The Morgan fingerprint density at radius 2 is 2.32 bits per heavy atom. The predicted molar refractivity (Wildman–Crippen MR) is 74.9 cm³/mol. The molecule has 4 heteroatoms. The van der Waals surface area contributed by atoms with E-state index in [-0.39, 0.29) is 5.41 Å². The molecule has 1 saturated heterocycles. The van der Waals surface area contributed by atoms with E-state index in [1.807, 2.05) is 4.68 Å². The minimum Gasteiger partial charge on any atom is -0.377 e. The summed E-state index contributed by atoms with van der Waals surface area (Å²) in [5.74, 6) is 0.748. The maximum atomic E-state index is 6.12. The van der Waals surface area contributed by atoms with Crippen LogP contribution in [-0.4, -0.2) is 29.0 Å². The van der Waals surface area contributed by atoms with Crippen LogP contribution < -0.4 is 5.73 Å². The molecule has 0 radical (unpaired) electrons. The highest BCUT2D eigenvalue weighted by molar-refractivity contribution is 5.09. The first-order valence-corrected chi connectivity index (χ1v) is 7.50. The van der Waals surface area contributed by atoms with Crippen molar-refractivity contribution in [1.29, 1.82) is 0 Å². The molecule has 0 spiro atoms. The van der Waals surface area contributed by atoms with E-state index in [0.29, 0.717) is 18.7 Å². The molecule has 2 N–H and O–H groups in total. The zero-order chi connectivity index (χ0) is 13.5. The first kappa shape index (κ1) is 13.1. The minimum atomic E-state index is 0.122. The second-order valence-corrected chi connectivity index (χ2v) is 6.50. The number of rotatable bonds is 5. The molecule has 1 aliphatic carbocycles. The average molecular weight is 263 g/mol. The monoisotopic (exact) mass is 263 g/mol. The summed E-state index contributed by atoms with van der Waals surface area (Å²) in [6.45, 7) is 5.88. The molecule has 2 atom stereocenters. The van der Waals surface area contributed by atoms with Gasteiger partial charge in [-0.1, -0.05) is 0 Å². The van der Waals surface area contributed by atoms with Crippen molar-refractivity contribution in [2.45, 2.75) is 51.7 Å². The number of hydrogen-bond acceptors (Lipinski definition) is 3. The summed E-state index contributed by atoms with van der Waals surface area (Å²) in [6.07, 6.45) is 7.11. The Labute approximate surface area is 115 Å². The van der Waals surface area contributed by atoms with Crippen LogP contribution in [0.15, 0.2) is 12.3 Å². The summed E-state index contributed by atoms with van der Waals surface area (Å²) in [4.78, 5) is 0. The van der Waals surface area contributed by atoms with Crippen molar-refractivity contribution in [1.82, 2.24) is 9.78 Å². The van der Waals surface area contributed by atoms with E-state index in [1.54, 1.807) is 0 Å². The van der Waals surface area contributed by atoms with Crippen LogP contribution >= 0.6 is 0 Å². The first-order chi connectivity index (χ1) is 9.14. The van der Waals surface area contributed by atoms with E-state index < -0.39 is 0 Å². The van der Waals surface area contributed by atoms with Crippen molar-refractivity contribution in [3.8, 4) is 0 Å². The summed E-state index contributed by atoms with van der Waals surface area (Å²) in [6, 6.07) is 2.56.